The molecule has 3 aromatic rings. The van der Waals surface area contributed by atoms with E-state index in [1.165, 1.54) is 6.07 Å². The number of aromatic amines is 1. The Balaban J connectivity index is 1.53. The van der Waals surface area contributed by atoms with Gasteiger partial charge in [0.2, 0.25) is 0 Å². The maximum absolute atomic E-state index is 13.3. The molecule has 0 saturated carbocycles. The standard InChI is InChI=1S/C23H25F4N5O/c1-15(18-9-16(12-24)10-20(11-18)23(25,26)27)33-14-22(19-5-3-2-4-6-19)8-7-17(13-28-22)21-29-31-32-30-21/h2-6,9-11,15,17,28H,7-8,12-14H2,1H3,(H,29,30,31,32)/t15?,17?,22-/m1/s1. The van der Waals surface area contributed by atoms with Crippen LogP contribution in [0.15, 0.2) is 48.5 Å². The lowest BCUT2D eigenvalue weighted by Gasteiger charge is -2.41. The summed E-state index contributed by atoms with van der Waals surface area (Å²) in [5.74, 6) is 0.731. The molecule has 2 heterocycles. The molecule has 1 aliphatic rings. The lowest BCUT2D eigenvalue weighted by Crippen LogP contribution is -2.51. The molecule has 0 bridgehead atoms. The Labute approximate surface area is 188 Å². The first kappa shape index (κ1) is 23.3. The van der Waals surface area contributed by atoms with Crippen LogP contribution in [0.1, 0.15) is 59.9 Å². The van der Waals surface area contributed by atoms with Gasteiger partial charge in [-0.15, -0.1) is 10.2 Å². The third-order valence-corrected chi connectivity index (χ3v) is 6.21. The molecule has 1 aliphatic heterocycles. The van der Waals surface area contributed by atoms with E-state index in [0.717, 1.165) is 24.1 Å². The highest BCUT2D eigenvalue weighted by Crippen LogP contribution is 2.37. The molecule has 1 saturated heterocycles. The van der Waals surface area contributed by atoms with Crippen LogP contribution in [0, 0.1) is 0 Å². The Kier molecular flexibility index (Phi) is 6.76. The first-order valence-electron chi connectivity index (χ1n) is 10.7. The lowest BCUT2D eigenvalue weighted by atomic mass is 9.79. The Morgan fingerprint density at radius 2 is 1.97 bits per heavy atom. The Bertz CT molecular complexity index is 1030. The molecule has 33 heavy (non-hydrogen) atoms. The van der Waals surface area contributed by atoms with E-state index < -0.39 is 30.1 Å². The van der Waals surface area contributed by atoms with E-state index in [9.17, 15) is 17.6 Å². The van der Waals surface area contributed by atoms with Crippen LogP contribution in [0.5, 0.6) is 0 Å². The minimum absolute atomic E-state index is 0.0215. The summed E-state index contributed by atoms with van der Waals surface area (Å²) in [7, 11) is 0. The highest BCUT2D eigenvalue weighted by molar-refractivity contribution is 5.33. The highest BCUT2D eigenvalue weighted by atomic mass is 19.4. The van der Waals surface area contributed by atoms with Crippen molar-refractivity contribution >= 4 is 0 Å². The van der Waals surface area contributed by atoms with E-state index in [4.69, 9.17) is 4.74 Å². The molecule has 0 radical (unpaired) electrons. The van der Waals surface area contributed by atoms with Crippen molar-refractivity contribution < 1.29 is 22.3 Å². The molecule has 1 aromatic heterocycles. The van der Waals surface area contributed by atoms with Crippen molar-refractivity contribution in [3.8, 4) is 0 Å². The number of aromatic nitrogens is 4. The smallest absolute Gasteiger partial charge is 0.372 e. The van der Waals surface area contributed by atoms with Gasteiger partial charge in [-0.05, 0) is 48.6 Å². The summed E-state index contributed by atoms with van der Waals surface area (Å²) in [4.78, 5) is 0. The molecule has 6 nitrogen and oxygen atoms in total. The summed E-state index contributed by atoms with van der Waals surface area (Å²) in [6, 6.07) is 13.1. The van der Waals surface area contributed by atoms with Crippen molar-refractivity contribution in [1.29, 1.82) is 0 Å². The van der Waals surface area contributed by atoms with Gasteiger partial charge in [0.05, 0.1) is 23.8 Å². The summed E-state index contributed by atoms with van der Waals surface area (Å²) in [5, 5.41) is 17.8. The van der Waals surface area contributed by atoms with Crippen LogP contribution < -0.4 is 5.32 Å². The van der Waals surface area contributed by atoms with Crippen molar-refractivity contribution in [2.75, 3.05) is 13.2 Å². The molecule has 0 amide bonds. The fraction of sp³-hybridized carbons (Fsp3) is 0.435. The lowest BCUT2D eigenvalue weighted by molar-refractivity contribution is -0.137. The van der Waals surface area contributed by atoms with Crippen molar-refractivity contribution in [3.63, 3.8) is 0 Å². The third-order valence-electron chi connectivity index (χ3n) is 6.21. The van der Waals surface area contributed by atoms with Crippen LogP contribution in [0.3, 0.4) is 0 Å². The quantitative estimate of drug-likeness (QED) is 0.491. The fourth-order valence-corrected chi connectivity index (χ4v) is 4.26. The molecule has 1 fully saturated rings. The number of hydrogen-bond acceptors (Lipinski definition) is 5. The first-order valence-corrected chi connectivity index (χ1v) is 10.7. The number of nitrogens with zero attached hydrogens (tertiary/aromatic N) is 3. The predicted molar refractivity (Wildman–Crippen MR) is 113 cm³/mol. The number of alkyl halides is 4. The van der Waals surface area contributed by atoms with Crippen molar-refractivity contribution in [2.45, 2.75) is 50.2 Å². The van der Waals surface area contributed by atoms with Gasteiger partial charge in [0.1, 0.15) is 6.67 Å². The van der Waals surface area contributed by atoms with Gasteiger partial charge in [-0.2, -0.15) is 18.4 Å². The van der Waals surface area contributed by atoms with E-state index >= 15 is 0 Å². The largest absolute Gasteiger partial charge is 0.416 e. The molecule has 176 valence electrons. The summed E-state index contributed by atoms with van der Waals surface area (Å²) in [6.45, 7) is 1.54. The van der Waals surface area contributed by atoms with Gasteiger partial charge in [0.15, 0.2) is 5.82 Å². The first-order chi connectivity index (χ1) is 15.8. The molecule has 3 atom stereocenters. The third kappa shape index (κ3) is 5.22. The topological polar surface area (TPSA) is 75.7 Å². The highest BCUT2D eigenvalue weighted by Gasteiger charge is 2.39. The van der Waals surface area contributed by atoms with E-state index in [1.54, 1.807) is 6.92 Å². The van der Waals surface area contributed by atoms with Crippen LogP contribution in [0.2, 0.25) is 0 Å². The number of rotatable bonds is 7. The Morgan fingerprint density at radius 3 is 2.58 bits per heavy atom. The van der Waals surface area contributed by atoms with Gasteiger partial charge in [0, 0.05) is 12.5 Å². The molecule has 2 unspecified atom stereocenters. The number of ether oxygens (including phenoxy) is 1. The van der Waals surface area contributed by atoms with Gasteiger partial charge in [-0.25, -0.2) is 4.39 Å². The monoisotopic (exact) mass is 463 g/mol. The van der Waals surface area contributed by atoms with Crippen molar-refractivity contribution in [2.24, 2.45) is 0 Å². The fourth-order valence-electron chi connectivity index (χ4n) is 4.26. The van der Waals surface area contributed by atoms with E-state index in [1.807, 2.05) is 30.3 Å². The van der Waals surface area contributed by atoms with Crippen LogP contribution in [0.4, 0.5) is 17.6 Å². The average molecular weight is 463 g/mol. The zero-order chi connectivity index (χ0) is 23.5. The minimum Gasteiger partial charge on any atom is -0.372 e. The van der Waals surface area contributed by atoms with Gasteiger partial charge in [-0.1, -0.05) is 41.6 Å². The maximum atomic E-state index is 13.3. The van der Waals surface area contributed by atoms with E-state index in [2.05, 4.69) is 25.9 Å². The molecule has 2 aromatic carbocycles. The Morgan fingerprint density at radius 1 is 1.18 bits per heavy atom. The molecular formula is C23H25F4N5O. The van der Waals surface area contributed by atoms with Crippen molar-refractivity contribution in [1.82, 2.24) is 25.9 Å². The molecule has 4 rings (SSSR count). The molecular weight excluding hydrogens is 438 g/mol. The number of benzene rings is 2. The van der Waals surface area contributed by atoms with Crippen LogP contribution in [-0.2, 0) is 23.1 Å². The van der Waals surface area contributed by atoms with Gasteiger partial charge in [-0.3, -0.25) is 0 Å². The van der Waals surface area contributed by atoms with Crippen LogP contribution in [0.25, 0.3) is 0 Å². The summed E-state index contributed by atoms with van der Waals surface area (Å²) in [6.07, 6.45) is -3.72. The van der Waals surface area contributed by atoms with Crippen LogP contribution >= 0.6 is 0 Å². The number of piperidine rings is 1. The molecule has 0 aliphatic carbocycles. The van der Waals surface area contributed by atoms with Gasteiger partial charge >= 0.3 is 6.18 Å². The number of nitrogens with one attached hydrogen (secondary N) is 2. The number of tetrazole rings is 1. The minimum atomic E-state index is -4.56. The number of halogens is 4. The molecule has 2 N–H and O–H groups in total. The molecule has 10 heteroatoms. The second-order valence-corrected chi connectivity index (χ2v) is 8.38. The second kappa shape index (κ2) is 9.56. The van der Waals surface area contributed by atoms with Gasteiger partial charge in [0.25, 0.3) is 0 Å². The van der Waals surface area contributed by atoms with Crippen LogP contribution in [-0.4, -0.2) is 33.8 Å². The summed E-state index contributed by atoms with van der Waals surface area (Å²) < 4.78 is 59.1. The van der Waals surface area contributed by atoms with E-state index in [-0.39, 0.29) is 18.1 Å². The molecule has 0 spiro atoms. The summed E-state index contributed by atoms with van der Waals surface area (Å²) in [5.41, 5.74) is -0.106. The summed E-state index contributed by atoms with van der Waals surface area (Å²) >= 11 is 0. The second-order valence-electron chi connectivity index (χ2n) is 8.38. The average Bonchev–Trinajstić information content (AvgIpc) is 3.37. The van der Waals surface area contributed by atoms with Gasteiger partial charge < -0.3 is 10.1 Å². The zero-order valence-electron chi connectivity index (χ0n) is 18.1. The van der Waals surface area contributed by atoms with E-state index in [0.29, 0.717) is 24.4 Å². The predicted octanol–water partition coefficient (Wildman–Crippen LogP) is 4.83. The Hall–Kier alpha value is -2.85. The normalized spacial score (nSPS) is 22.3. The number of H-pyrrole nitrogens is 1. The SMILES string of the molecule is CC(OC[C@@]1(c2ccccc2)CCC(c2nn[nH]n2)CN1)c1cc(CF)cc(C(F)(F)F)c1. The zero-order valence-corrected chi connectivity index (χ0v) is 18.1. The van der Waals surface area contributed by atoms with Crippen molar-refractivity contribution in [3.05, 3.63) is 76.6 Å². The number of hydrogen-bond donors (Lipinski definition) is 2. The maximum Gasteiger partial charge on any atom is 0.416 e.